The third-order valence-corrected chi connectivity index (χ3v) is 3.76. The van der Waals surface area contributed by atoms with Gasteiger partial charge < -0.3 is 5.32 Å². The normalized spacial score (nSPS) is 12.7. The number of aryl methyl sites for hydroxylation is 2. The second kappa shape index (κ2) is 7.78. The van der Waals surface area contributed by atoms with Crippen molar-refractivity contribution in [1.29, 1.82) is 0 Å². The minimum absolute atomic E-state index is 0.602. The van der Waals surface area contributed by atoms with Crippen LogP contribution in [0.25, 0.3) is 0 Å². The predicted octanol–water partition coefficient (Wildman–Crippen LogP) is 3.58. The molecule has 1 N–H and O–H groups in total. The Balaban J connectivity index is 2.67. The van der Waals surface area contributed by atoms with Gasteiger partial charge >= 0.3 is 0 Å². The zero-order chi connectivity index (χ0) is 12.7. The molecule has 0 amide bonds. The van der Waals surface area contributed by atoms with Gasteiger partial charge in [-0.15, -0.1) is 0 Å². The van der Waals surface area contributed by atoms with E-state index in [1.54, 1.807) is 0 Å². The fourth-order valence-corrected chi connectivity index (χ4v) is 2.66. The summed E-state index contributed by atoms with van der Waals surface area (Å²) in [6.45, 7) is 7.73. The van der Waals surface area contributed by atoms with Crippen LogP contribution >= 0.6 is 11.8 Å². The summed E-state index contributed by atoms with van der Waals surface area (Å²) >= 11 is 1.93. The van der Waals surface area contributed by atoms with Crippen molar-refractivity contribution in [3.8, 4) is 0 Å². The highest BCUT2D eigenvalue weighted by atomic mass is 32.2. The van der Waals surface area contributed by atoms with Gasteiger partial charge in [-0.3, -0.25) is 0 Å². The summed E-state index contributed by atoms with van der Waals surface area (Å²) in [5.41, 5.74) is 4.27. The van der Waals surface area contributed by atoms with Gasteiger partial charge in [-0.05, 0) is 50.6 Å². The Morgan fingerprint density at radius 1 is 1.29 bits per heavy atom. The summed E-state index contributed by atoms with van der Waals surface area (Å²) < 4.78 is 0. The number of thioether (sulfide) groups is 1. The van der Waals surface area contributed by atoms with Gasteiger partial charge in [0.15, 0.2) is 0 Å². The quantitative estimate of drug-likeness (QED) is 0.795. The molecule has 96 valence electrons. The van der Waals surface area contributed by atoms with Crippen molar-refractivity contribution >= 4 is 11.8 Å². The van der Waals surface area contributed by atoms with E-state index in [-0.39, 0.29) is 0 Å². The summed E-state index contributed by atoms with van der Waals surface area (Å²) in [5.74, 6) is 1.19. The molecule has 1 aromatic carbocycles. The van der Waals surface area contributed by atoms with E-state index in [0.717, 1.165) is 13.0 Å². The SMILES string of the molecule is CCCNC(CSC)Cc1cc(C)ccc1C. The van der Waals surface area contributed by atoms with Gasteiger partial charge in [-0.25, -0.2) is 0 Å². The van der Waals surface area contributed by atoms with E-state index in [1.165, 1.54) is 28.9 Å². The number of hydrogen-bond donors (Lipinski definition) is 1. The Bertz CT molecular complexity index is 336. The Morgan fingerprint density at radius 2 is 2.06 bits per heavy atom. The van der Waals surface area contributed by atoms with Crippen molar-refractivity contribution in [2.24, 2.45) is 0 Å². The molecule has 0 aliphatic carbocycles. The molecule has 2 heteroatoms. The molecule has 0 saturated heterocycles. The molecule has 1 unspecified atom stereocenters. The van der Waals surface area contributed by atoms with Crippen LogP contribution in [0.3, 0.4) is 0 Å². The first-order chi connectivity index (χ1) is 8.17. The van der Waals surface area contributed by atoms with E-state index in [9.17, 15) is 0 Å². The summed E-state index contributed by atoms with van der Waals surface area (Å²) in [6, 6.07) is 7.36. The minimum atomic E-state index is 0.602. The third-order valence-electron chi connectivity index (χ3n) is 3.02. The maximum absolute atomic E-state index is 3.64. The average Bonchev–Trinajstić information content (AvgIpc) is 2.31. The van der Waals surface area contributed by atoms with Gasteiger partial charge in [0.2, 0.25) is 0 Å². The van der Waals surface area contributed by atoms with Gasteiger partial charge in [0.1, 0.15) is 0 Å². The van der Waals surface area contributed by atoms with Crippen LogP contribution < -0.4 is 5.32 Å². The molecule has 1 nitrogen and oxygen atoms in total. The summed E-state index contributed by atoms with van der Waals surface area (Å²) in [7, 11) is 0. The largest absolute Gasteiger partial charge is 0.313 e. The molecule has 0 aromatic heterocycles. The van der Waals surface area contributed by atoms with Crippen molar-refractivity contribution in [2.75, 3.05) is 18.6 Å². The Labute approximate surface area is 110 Å². The van der Waals surface area contributed by atoms with Gasteiger partial charge in [0.25, 0.3) is 0 Å². The first kappa shape index (κ1) is 14.6. The van der Waals surface area contributed by atoms with E-state index in [2.05, 4.69) is 50.5 Å². The van der Waals surface area contributed by atoms with Crippen molar-refractivity contribution < 1.29 is 0 Å². The predicted molar refractivity (Wildman–Crippen MR) is 80.1 cm³/mol. The zero-order valence-corrected chi connectivity index (χ0v) is 12.4. The van der Waals surface area contributed by atoms with Crippen LogP contribution in [-0.2, 0) is 6.42 Å². The van der Waals surface area contributed by atoms with Crippen molar-refractivity contribution in [1.82, 2.24) is 5.32 Å². The fourth-order valence-electron chi connectivity index (χ4n) is 2.03. The van der Waals surface area contributed by atoms with Crippen LogP contribution in [0.4, 0.5) is 0 Å². The molecule has 0 aliphatic heterocycles. The van der Waals surface area contributed by atoms with E-state index in [1.807, 2.05) is 11.8 Å². The second-order valence-electron chi connectivity index (χ2n) is 4.74. The van der Waals surface area contributed by atoms with Crippen LogP contribution in [0.2, 0.25) is 0 Å². The number of benzene rings is 1. The van der Waals surface area contributed by atoms with Gasteiger partial charge in [0, 0.05) is 11.8 Å². The third kappa shape index (κ3) is 5.13. The van der Waals surface area contributed by atoms with Gasteiger partial charge in [0.05, 0.1) is 0 Å². The smallest absolute Gasteiger partial charge is 0.0198 e. The number of hydrogen-bond acceptors (Lipinski definition) is 2. The summed E-state index contributed by atoms with van der Waals surface area (Å²) in [4.78, 5) is 0. The van der Waals surface area contributed by atoms with E-state index in [0.29, 0.717) is 6.04 Å². The average molecular weight is 251 g/mol. The Morgan fingerprint density at radius 3 is 2.71 bits per heavy atom. The van der Waals surface area contributed by atoms with Crippen molar-refractivity contribution in [2.45, 2.75) is 39.7 Å². The molecule has 0 bridgehead atoms. The fraction of sp³-hybridized carbons (Fsp3) is 0.600. The number of nitrogens with one attached hydrogen (secondary N) is 1. The van der Waals surface area contributed by atoms with E-state index in [4.69, 9.17) is 0 Å². The molecule has 1 aromatic rings. The molecule has 0 aliphatic rings. The molecule has 0 radical (unpaired) electrons. The maximum atomic E-state index is 3.64. The molecular weight excluding hydrogens is 226 g/mol. The molecule has 0 spiro atoms. The molecule has 0 saturated carbocycles. The maximum Gasteiger partial charge on any atom is 0.0198 e. The Hall–Kier alpha value is -0.470. The van der Waals surface area contributed by atoms with Crippen LogP contribution in [0.5, 0.6) is 0 Å². The zero-order valence-electron chi connectivity index (χ0n) is 11.5. The second-order valence-corrected chi connectivity index (χ2v) is 5.65. The lowest BCUT2D eigenvalue weighted by molar-refractivity contribution is 0.549. The first-order valence-corrected chi connectivity index (χ1v) is 7.85. The molecule has 17 heavy (non-hydrogen) atoms. The monoisotopic (exact) mass is 251 g/mol. The highest BCUT2D eigenvalue weighted by Gasteiger charge is 2.09. The van der Waals surface area contributed by atoms with Crippen LogP contribution in [0.1, 0.15) is 30.0 Å². The van der Waals surface area contributed by atoms with Gasteiger partial charge in [-0.1, -0.05) is 30.7 Å². The lowest BCUT2D eigenvalue weighted by atomic mass is 9.99. The van der Waals surface area contributed by atoms with E-state index >= 15 is 0 Å². The molecule has 0 fully saturated rings. The lowest BCUT2D eigenvalue weighted by Gasteiger charge is -2.19. The molecule has 1 rings (SSSR count). The number of rotatable bonds is 7. The summed E-state index contributed by atoms with van der Waals surface area (Å²) in [6.07, 6.45) is 4.54. The van der Waals surface area contributed by atoms with Crippen molar-refractivity contribution in [3.63, 3.8) is 0 Å². The van der Waals surface area contributed by atoms with Crippen LogP contribution in [0, 0.1) is 13.8 Å². The topological polar surface area (TPSA) is 12.0 Å². The molecule has 1 atom stereocenters. The standard InChI is InChI=1S/C15H25NS/c1-5-8-16-15(11-17-4)10-14-9-12(2)6-7-13(14)3/h6-7,9,15-16H,5,8,10-11H2,1-4H3. The Kier molecular flexibility index (Phi) is 6.68. The highest BCUT2D eigenvalue weighted by Crippen LogP contribution is 2.14. The highest BCUT2D eigenvalue weighted by molar-refractivity contribution is 7.98. The van der Waals surface area contributed by atoms with Crippen LogP contribution in [0.15, 0.2) is 18.2 Å². The van der Waals surface area contributed by atoms with E-state index < -0.39 is 0 Å². The first-order valence-electron chi connectivity index (χ1n) is 6.45. The summed E-state index contributed by atoms with van der Waals surface area (Å²) in [5, 5.41) is 3.64. The lowest BCUT2D eigenvalue weighted by Crippen LogP contribution is -2.34. The molecular formula is C15H25NS. The van der Waals surface area contributed by atoms with Crippen LogP contribution in [-0.4, -0.2) is 24.6 Å². The minimum Gasteiger partial charge on any atom is -0.313 e. The van der Waals surface area contributed by atoms with Crippen molar-refractivity contribution in [3.05, 3.63) is 34.9 Å². The molecule has 0 heterocycles. The van der Waals surface area contributed by atoms with Gasteiger partial charge in [-0.2, -0.15) is 11.8 Å².